The lowest BCUT2D eigenvalue weighted by Crippen LogP contribution is -2.47. The number of carbonyl (C=O) groups excluding carboxylic acids is 1. The molecule has 3 aromatic heterocycles. The van der Waals surface area contributed by atoms with Crippen molar-refractivity contribution in [1.29, 1.82) is 0 Å². The second-order valence-corrected chi connectivity index (χ2v) is 7.65. The van der Waals surface area contributed by atoms with E-state index in [0.29, 0.717) is 11.3 Å². The van der Waals surface area contributed by atoms with Gasteiger partial charge < -0.3 is 15.2 Å². The maximum Gasteiger partial charge on any atom is 0.271 e. The Balaban J connectivity index is 1.64. The molecule has 0 aliphatic heterocycles. The molecule has 0 bridgehead atoms. The van der Waals surface area contributed by atoms with Crippen LogP contribution in [0.5, 0.6) is 5.75 Å². The highest BCUT2D eigenvalue weighted by Crippen LogP contribution is 2.25. The molecule has 3 heterocycles. The Morgan fingerprint density at radius 1 is 1.24 bits per heavy atom. The molecular formula is C21H21F2N7O3. The number of nitrogens with zero attached hydrogens (tertiary/aromatic N) is 6. The standard InChI is InChI=1S/C21H21F2N7O3/c1-12-17(19(32)25-21(2,11-31)20-26-28-29(3)27-20)30-9-5-8-16(18(30)24-12)33-10-13-14(22)6-4-7-15(13)23/h4-9,31H,10-11H2,1-3H3,(H,25,32). The summed E-state index contributed by atoms with van der Waals surface area (Å²) in [7, 11) is 1.57. The van der Waals surface area contributed by atoms with Crippen LogP contribution >= 0.6 is 0 Å². The Morgan fingerprint density at radius 2 is 1.97 bits per heavy atom. The summed E-state index contributed by atoms with van der Waals surface area (Å²) in [6.07, 6.45) is 1.61. The van der Waals surface area contributed by atoms with Crippen LogP contribution in [0.3, 0.4) is 0 Å². The monoisotopic (exact) mass is 457 g/mol. The van der Waals surface area contributed by atoms with Crippen LogP contribution in [0.4, 0.5) is 8.78 Å². The summed E-state index contributed by atoms with van der Waals surface area (Å²) in [6.45, 7) is 2.38. The van der Waals surface area contributed by atoms with Gasteiger partial charge in [0.2, 0.25) is 5.82 Å². The van der Waals surface area contributed by atoms with Crippen molar-refractivity contribution in [2.45, 2.75) is 26.0 Å². The Labute approximate surface area is 186 Å². The molecular weight excluding hydrogens is 436 g/mol. The van der Waals surface area contributed by atoms with Gasteiger partial charge in [0.1, 0.15) is 29.5 Å². The number of aliphatic hydroxyl groups excluding tert-OH is 1. The number of tetrazole rings is 1. The molecule has 12 heteroatoms. The van der Waals surface area contributed by atoms with Gasteiger partial charge in [-0.1, -0.05) is 6.07 Å². The van der Waals surface area contributed by atoms with Crippen molar-refractivity contribution in [2.75, 3.05) is 6.61 Å². The molecule has 33 heavy (non-hydrogen) atoms. The Bertz CT molecular complexity index is 1320. The minimum Gasteiger partial charge on any atom is -0.485 e. The average Bonchev–Trinajstić information content (AvgIpc) is 3.36. The van der Waals surface area contributed by atoms with E-state index in [4.69, 9.17) is 4.74 Å². The van der Waals surface area contributed by atoms with Crippen LogP contribution in [0.25, 0.3) is 5.65 Å². The molecule has 172 valence electrons. The maximum atomic E-state index is 13.9. The van der Waals surface area contributed by atoms with E-state index in [-0.39, 0.29) is 29.4 Å². The number of fused-ring (bicyclic) bond motifs is 1. The smallest absolute Gasteiger partial charge is 0.271 e. The molecule has 0 fully saturated rings. The number of ether oxygens (including phenoxy) is 1. The number of halogens is 2. The van der Waals surface area contributed by atoms with Gasteiger partial charge in [0.15, 0.2) is 11.4 Å². The van der Waals surface area contributed by atoms with Crippen LogP contribution in [-0.2, 0) is 19.2 Å². The van der Waals surface area contributed by atoms with Crippen LogP contribution in [0.2, 0.25) is 0 Å². The Hall–Kier alpha value is -3.93. The molecule has 4 rings (SSSR count). The summed E-state index contributed by atoms with van der Waals surface area (Å²) in [4.78, 5) is 18.8. The van der Waals surface area contributed by atoms with E-state index in [2.05, 4.69) is 25.7 Å². The predicted octanol–water partition coefficient (Wildman–Crippen LogP) is 1.66. The fraction of sp³-hybridized carbons (Fsp3) is 0.286. The van der Waals surface area contributed by atoms with Gasteiger partial charge >= 0.3 is 0 Å². The van der Waals surface area contributed by atoms with Crippen LogP contribution in [-0.4, -0.2) is 47.2 Å². The lowest BCUT2D eigenvalue weighted by molar-refractivity contribution is 0.0832. The largest absolute Gasteiger partial charge is 0.485 e. The number of aromatic nitrogens is 6. The number of pyridine rings is 1. The third-order valence-corrected chi connectivity index (χ3v) is 5.14. The molecule has 1 unspecified atom stereocenters. The maximum absolute atomic E-state index is 13.9. The second-order valence-electron chi connectivity index (χ2n) is 7.65. The third kappa shape index (κ3) is 4.12. The number of benzene rings is 1. The van der Waals surface area contributed by atoms with E-state index in [1.165, 1.54) is 15.3 Å². The predicted molar refractivity (Wildman–Crippen MR) is 111 cm³/mol. The summed E-state index contributed by atoms with van der Waals surface area (Å²) < 4.78 is 35.0. The van der Waals surface area contributed by atoms with Crippen molar-refractivity contribution >= 4 is 11.6 Å². The number of imidazole rings is 1. The molecule has 0 spiro atoms. The van der Waals surface area contributed by atoms with Gasteiger partial charge in [0.05, 0.1) is 24.9 Å². The number of amides is 1. The van der Waals surface area contributed by atoms with Crippen molar-refractivity contribution in [3.05, 3.63) is 70.9 Å². The topological polar surface area (TPSA) is 119 Å². The fourth-order valence-corrected chi connectivity index (χ4v) is 3.34. The lowest BCUT2D eigenvalue weighted by Gasteiger charge is -2.25. The van der Waals surface area contributed by atoms with Gasteiger partial charge in [0, 0.05) is 6.20 Å². The zero-order chi connectivity index (χ0) is 23.8. The highest BCUT2D eigenvalue weighted by molar-refractivity contribution is 5.95. The third-order valence-electron chi connectivity index (χ3n) is 5.14. The number of aryl methyl sites for hydroxylation is 2. The molecule has 0 saturated heterocycles. The second kappa shape index (κ2) is 8.54. The van der Waals surface area contributed by atoms with Gasteiger partial charge in [-0.05, 0) is 43.3 Å². The normalized spacial score (nSPS) is 13.2. The van der Waals surface area contributed by atoms with Crippen LogP contribution in [0, 0.1) is 18.6 Å². The van der Waals surface area contributed by atoms with Gasteiger partial charge in [-0.2, -0.15) is 4.80 Å². The minimum atomic E-state index is -1.29. The molecule has 1 atom stereocenters. The summed E-state index contributed by atoms with van der Waals surface area (Å²) >= 11 is 0. The zero-order valence-electron chi connectivity index (χ0n) is 18.1. The molecule has 1 amide bonds. The first kappa shape index (κ1) is 22.3. The van der Waals surface area contributed by atoms with Crippen molar-refractivity contribution < 1.29 is 23.4 Å². The van der Waals surface area contributed by atoms with Gasteiger partial charge in [-0.25, -0.2) is 13.8 Å². The molecule has 1 aromatic carbocycles. The first-order chi connectivity index (χ1) is 15.7. The number of carbonyl (C=O) groups is 1. The molecule has 2 N–H and O–H groups in total. The molecule has 0 saturated carbocycles. The highest BCUT2D eigenvalue weighted by atomic mass is 19.1. The SMILES string of the molecule is Cc1nc2c(OCc3c(F)cccc3F)cccn2c1C(=O)NC(C)(CO)c1nnn(C)n1. The number of hydrogen-bond acceptors (Lipinski definition) is 7. The van der Waals surface area contributed by atoms with Crippen molar-refractivity contribution in [2.24, 2.45) is 7.05 Å². The fourth-order valence-electron chi connectivity index (χ4n) is 3.34. The van der Waals surface area contributed by atoms with E-state index in [0.717, 1.165) is 12.1 Å². The first-order valence-electron chi connectivity index (χ1n) is 9.94. The van der Waals surface area contributed by atoms with E-state index < -0.39 is 29.7 Å². The number of nitrogens with one attached hydrogen (secondary N) is 1. The Kier molecular flexibility index (Phi) is 5.77. The number of aliphatic hydroxyl groups is 1. The van der Waals surface area contributed by atoms with E-state index in [1.54, 1.807) is 39.2 Å². The lowest BCUT2D eigenvalue weighted by atomic mass is 10.0. The minimum absolute atomic E-state index is 0.142. The quantitative estimate of drug-likeness (QED) is 0.433. The van der Waals surface area contributed by atoms with E-state index in [1.807, 2.05) is 0 Å². The molecule has 0 radical (unpaired) electrons. The van der Waals surface area contributed by atoms with E-state index in [9.17, 15) is 18.7 Å². The van der Waals surface area contributed by atoms with E-state index >= 15 is 0 Å². The summed E-state index contributed by atoms with van der Waals surface area (Å²) in [5.41, 5.74) is -0.640. The van der Waals surface area contributed by atoms with Crippen LogP contribution in [0.15, 0.2) is 36.5 Å². The van der Waals surface area contributed by atoms with Gasteiger partial charge in [-0.15, -0.1) is 10.2 Å². The van der Waals surface area contributed by atoms with Gasteiger partial charge in [0.25, 0.3) is 5.91 Å². The van der Waals surface area contributed by atoms with Crippen molar-refractivity contribution in [3.8, 4) is 5.75 Å². The molecule has 4 aromatic rings. The first-order valence-corrected chi connectivity index (χ1v) is 9.94. The van der Waals surface area contributed by atoms with Crippen LogP contribution in [0.1, 0.15) is 34.5 Å². The summed E-state index contributed by atoms with van der Waals surface area (Å²) in [5.74, 6) is -1.60. The molecule has 0 aliphatic rings. The molecule has 0 aliphatic carbocycles. The highest BCUT2D eigenvalue weighted by Gasteiger charge is 2.34. The zero-order valence-corrected chi connectivity index (χ0v) is 18.1. The summed E-state index contributed by atoms with van der Waals surface area (Å²) in [5, 5.41) is 24.3. The number of rotatable bonds is 7. The van der Waals surface area contributed by atoms with Crippen LogP contribution < -0.4 is 10.1 Å². The van der Waals surface area contributed by atoms with Gasteiger partial charge in [-0.3, -0.25) is 9.20 Å². The van der Waals surface area contributed by atoms with Crippen molar-refractivity contribution in [1.82, 2.24) is 34.9 Å². The average molecular weight is 457 g/mol. The molecule has 10 nitrogen and oxygen atoms in total. The van der Waals surface area contributed by atoms with Crippen molar-refractivity contribution in [3.63, 3.8) is 0 Å². The summed E-state index contributed by atoms with van der Waals surface area (Å²) in [6, 6.07) is 6.77. The Morgan fingerprint density at radius 3 is 2.61 bits per heavy atom. The number of hydrogen-bond donors (Lipinski definition) is 2.